The largest absolute Gasteiger partial charge is 0.477 e. The molecule has 2 heterocycles. The van der Waals surface area contributed by atoms with Crippen molar-refractivity contribution in [1.29, 1.82) is 0 Å². The molecule has 0 spiro atoms. The van der Waals surface area contributed by atoms with E-state index in [1.54, 1.807) is 6.20 Å². The molecule has 1 fully saturated rings. The fraction of sp³-hybridized carbons (Fsp3) is 0.583. The van der Waals surface area contributed by atoms with Crippen LogP contribution in [0.5, 0.6) is 5.88 Å². The predicted molar refractivity (Wildman–Crippen MR) is 67.8 cm³/mol. The van der Waals surface area contributed by atoms with Gasteiger partial charge in [0.1, 0.15) is 0 Å². The third kappa shape index (κ3) is 2.95. The molecule has 3 nitrogen and oxygen atoms in total. The van der Waals surface area contributed by atoms with E-state index in [4.69, 9.17) is 4.74 Å². The fourth-order valence-corrected chi connectivity index (χ4v) is 2.25. The minimum atomic E-state index is 0.714. The molecule has 2 rings (SSSR count). The van der Waals surface area contributed by atoms with Gasteiger partial charge in [-0.3, -0.25) is 0 Å². The lowest BCUT2D eigenvalue weighted by atomic mass is 10.1. The Labute approximate surface area is 105 Å². The summed E-state index contributed by atoms with van der Waals surface area (Å²) in [5.74, 6) is 1.48. The zero-order valence-corrected chi connectivity index (χ0v) is 11.1. The van der Waals surface area contributed by atoms with Crippen molar-refractivity contribution >= 4 is 15.9 Å². The smallest absolute Gasteiger partial charge is 0.228 e. The highest BCUT2D eigenvalue weighted by molar-refractivity contribution is 9.10. The number of aromatic nitrogens is 1. The van der Waals surface area contributed by atoms with Crippen molar-refractivity contribution in [3.05, 3.63) is 22.3 Å². The molecule has 1 N–H and O–H groups in total. The van der Waals surface area contributed by atoms with Gasteiger partial charge >= 0.3 is 0 Å². The number of pyridine rings is 1. The van der Waals surface area contributed by atoms with Crippen LogP contribution < -0.4 is 10.1 Å². The van der Waals surface area contributed by atoms with Crippen molar-refractivity contribution in [2.45, 2.75) is 19.8 Å². The molecule has 1 aliphatic rings. The van der Waals surface area contributed by atoms with Gasteiger partial charge in [-0.1, -0.05) is 0 Å². The van der Waals surface area contributed by atoms with E-state index in [0.717, 1.165) is 42.1 Å². The first-order valence-corrected chi connectivity index (χ1v) is 6.51. The summed E-state index contributed by atoms with van der Waals surface area (Å²) in [6.45, 7) is 5.07. The average Bonchev–Trinajstić information content (AvgIpc) is 2.77. The lowest BCUT2D eigenvalue weighted by Crippen LogP contribution is -2.12. The summed E-state index contributed by atoms with van der Waals surface area (Å²) in [5, 5.41) is 3.36. The first-order chi connectivity index (χ1) is 7.77. The second kappa shape index (κ2) is 5.64. The highest BCUT2D eigenvalue weighted by atomic mass is 79.9. The number of halogens is 1. The minimum Gasteiger partial charge on any atom is -0.477 e. The van der Waals surface area contributed by atoms with Gasteiger partial charge < -0.3 is 10.1 Å². The van der Waals surface area contributed by atoms with Gasteiger partial charge in [-0.15, -0.1) is 0 Å². The Hall–Kier alpha value is -0.610. The number of hydrogen-bond donors (Lipinski definition) is 1. The molecule has 0 aromatic carbocycles. The predicted octanol–water partition coefficient (Wildman–Crippen LogP) is 2.53. The molecular formula is C12H17BrN2O. The van der Waals surface area contributed by atoms with Crippen molar-refractivity contribution in [2.75, 3.05) is 19.7 Å². The summed E-state index contributed by atoms with van der Waals surface area (Å²) in [6.07, 6.45) is 4.16. The molecule has 88 valence electrons. The van der Waals surface area contributed by atoms with Gasteiger partial charge in [0.2, 0.25) is 5.88 Å². The third-order valence-corrected chi connectivity index (χ3v) is 3.94. The van der Waals surface area contributed by atoms with Gasteiger partial charge in [-0.2, -0.15) is 0 Å². The molecule has 16 heavy (non-hydrogen) atoms. The molecule has 1 unspecified atom stereocenters. The molecular weight excluding hydrogens is 268 g/mol. The Balaban J connectivity index is 1.82. The van der Waals surface area contributed by atoms with Crippen molar-refractivity contribution in [3.63, 3.8) is 0 Å². The van der Waals surface area contributed by atoms with Gasteiger partial charge in [-0.25, -0.2) is 4.98 Å². The molecule has 4 heteroatoms. The normalized spacial score (nSPS) is 20.0. The Morgan fingerprint density at radius 1 is 1.62 bits per heavy atom. The van der Waals surface area contributed by atoms with Crippen LogP contribution in [0.4, 0.5) is 0 Å². The van der Waals surface area contributed by atoms with Gasteiger partial charge in [0.25, 0.3) is 0 Å². The maximum Gasteiger partial charge on any atom is 0.228 e. The topological polar surface area (TPSA) is 34.1 Å². The second-order valence-electron chi connectivity index (χ2n) is 4.24. The van der Waals surface area contributed by atoms with Crippen molar-refractivity contribution in [1.82, 2.24) is 10.3 Å². The van der Waals surface area contributed by atoms with Crippen LogP contribution in [0.2, 0.25) is 0 Å². The van der Waals surface area contributed by atoms with E-state index in [9.17, 15) is 0 Å². The van der Waals surface area contributed by atoms with E-state index in [1.807, 2.05) is 13.0 Å². The molecule has 1 aliphatic heterocycles. The summed E-state index contributed by atoms with van der Waals surface area (Å²) in [6, 6.07) is 1.97. The molecule has 0 aliphatic carbocycles. The van der Waals surface area contributed by atoms with E-state index in [1.165, 1.54) is 6.42 Å². The average molecular weight is 285 g/mol. The fourth-order valence-electron chi connectivity index (χ4n) is 1.90. The monoisotopic (exact) mass is 284 g/mol. The highest BCUT2D eigenvalue weighted by Crippen LogP contribution is 2.25. The van der Waals surface area contributed by atoms with E-state index >= 15 is 0 Å². The number of ether oxygens (including phenoxy) is 1. The Morgan fingerprint density at radius 2 is 2.50 bits per heavy atom. The summed E-state index contributed by atoms with van der Waals surface area (Å²) in [4.78, 5) is 4.22. The van der Waals surface area contributed by atoms with Crippen LogP contribution in [-0.4, -0.2) is 24.7 Å². The first-order valence-electron chi connectivity index (χ1n) is 5.72. The standard InChI is InChI=1S/C12H17BrN2O/c1-9-2-6-15-12(11(9)13)16-7-4-10-3-5-14-8-10/h2,6,10,14H,3-5,7-8H2,1H3. The van der Waals surface area contributed by atoms with Crippen LogP contribution in [0.3, 0.4) is 0 Å². The van der Waals surface area contributed by atoms with E-state index in [-0.39, 0.29) is 0 Å². The molecule has 0 saturated carbocycles. The third-order valence-electron chi connectivity index (χ3n) is 2.98. The SMILES string of the molecule is Cc1ccnc(OCCC2CCNC2)c1Br. The number of rotatable bonds is 4. The van der Waals surface area contributed by atoms with Gasteiger partial charge in [0.15, 0.2) is 0 Å². The number of nitrogens with one attached hydrogen (secondary N) is 1. The zero-order chi connectivity index (χ0) is 11.4. The van der Waals surface area contributed by atoms with Gasteiger partial charge in [0, 0.05) is 6.20 Å². The molecule has 0 amide bonds. The quantitative estimate of drug-likeness (QED) is 0.923. The number of aryl methyl sites for hydroxylation is 1. The van der Waals surface area contributed by atoms with Crippen LogP contribution in [0.15, 0.2) is 16.7 Å². The summed E-state index contributed by atoms with van der Waals surface area (Å²) < 4.78 is 6.67. The highest BCUT2D eigenvalue weighted by Gasteiger charge is 2.14. The Kier molecular flexibility index (Phi) is 4.18. The molecule has 0 bridgehead atoms. The van der Waals surface area contributed by atoms with E-state index in [0.29, 0.717) is 5.88 Å². The van der Waals surface area contributed by atoms with Crippen LogP contribution in [0.25, 0.3) is 0 Å². The van der Waals surface area contributed by atoms with Crippen molar-refractivity contribution in [3.8, 4) is 5.88 Å². The lowest BCUT2D eigenvalue weighted by Gasteiger charge is -2.11. The van der Waals surface area contributed by atoms with Crippen LogP contribution in [0, 0.1) is 12.8 Å². The summed E-state index contributed by atoms with van der Waals surface area (Å²) >= 11 is 3.49. The molecule has 1 atom stereocenters. The van der Waals surface area contributed by atoms with Crippen LogP contribution >= 0.6 is 15.9 Å². The Bertz CT molecular complexity index is 351. The maximum absolute atomic E-state index is 5.69. The molecule has 0 radical (unpaired) electrons. The molecule has 1 aromatic rings. The van der Waals surface area contributed by atoms with Gasteiger partial charge in [0.05, 0.1) is 11.1 Å². The Morgan fingerprint density at radius 3 is 3.25 bits per heavy atom. The first kappa shape index (κ1) is 11.9. The summed E-state index contributed by atoms with van der Waals surface area (Å²) in [5.41, 5.74) is 1.16. The second-order valence-corrected chi connectivity index (χ2v) is 5.04. The van der Waals surface area contributed by atoms with Crippen molar-refractivity contribution in [2.24, 2.45) is 5.92 Å². The lowest BCUT2D eigenvalue weighted by molar-refractivity contribution is 0.272. The zero-order valence-electron chi connectivity index (χ0n) is 9.50. The maximum atomic E-state index is 5.69. The number of nitrogens with zero attached hydrogens (tertiary/aromatic N) is 1. The van der Waals surface area contributed by atoms with Crippen molar-refractivity contribution < 1.29 is 4.74 Å². The minimum absolute atomic E-state index is 0.714. The van der Waals surface area contributed by atoms with Crippen LogP contribution in [0.1, 0.15) is 18.4 Å². The van der Waals surface area contributed by atoms with E-state index < -0.39 is 0 Å². The molecule has 1 saturated heterocycles. The van der Waals surface area contributed by atoms with E-state index in [2.05, 4.69) is 26.2 Å². The molecule has 1 aromatic heterocycles. The van der Waals surface area contributed by atoms with Crippen LogP contribution in [-0.2, 0) is 0 Å². The van der Waals surface area contributed by atoms with Gasteiger partial charge in [-0.05, 0) is 66.3 Å². The summed E-state index contributed by atoms with van der Waals surface area (Å²) in [7, 11) is 0. The number of hydrogen-bond acceptors (Lipinski definition) is 3.